The number of hydrogen-bond acceptors (Lipinski definition) is 4. The van der Waals surface area contributed by atoms with Gasteiger partial charge < -0.3 is 25.0 Å². The Hall–Kier alpha value is -1.06. The largest absolute Gasteiger partial charge is 0.383 e. The van der Waals surface area contributed by atoms with Gasteiger partial charge in [0.15, 0.2) is 5.96 Å². The van der Waals surface area contributed by atoms with Gasteiger partial charge in [0.05, 0.1) is 26.4 Å². The van der Waals surface area contributed by atoms with Gasteiger partial charge in [-0.25, -0.2) is 4.99 Å². The third kappa shape index (κ3) is 7.79. The number of aliphatic imine (C=N–C) groups is 1. The molecule has 1 aromatic carbocycles. The molecule has 2 N–H and O–H groups in total. The van der Waals surface area contributed by atoms with E-state index in [0.717, 1.165) is 38.8 Å². The number of hydrogen-bond donors (Lipinski definition) is 2. The molecule has 0 amide bonds. The standard InChI is InChI=1S/C18H30N4O2.HI/c1-4-19-18(21-15(2)14-23-3)20-13-16-5-7-17(8-6-16)22-9-11-24-12-10-22;/h5-8,15H,4,9-14H2,1-3H3,(H2,19,20,21);1H. The summed E-state index contributed by atoms with van der Waals surface area (Å²) in [5.41, 5.74) is 2.45. The molecule has 1 heterocycles. The smallest absolute Gasteiger partial charge is 0.191 e. The van der Waals surface area contributed by atoms with Gasteiger partial charge in [0.2, 0.25) is 0 Å². The highest BCUT2D eigenvalue weighted by Gasteiger charge is 2.10. The van der Waals surface area contributed by atoms with E-state index in [4.69, 9.17) is 9.47 Å². The van der Waals surface area contributed by atoms with E-state index < -0.39 is 0 Å². The predicted molar refractivity (Wildman–Crippen MR) is 114 cm³/mol. The Balaban J connectivity index is 0.00000312. The van der Waals surface area contributed by atoms with Gasteiger partial charge >= 0.3 is 0 Å². The minimum Gasteiger partial charge on any atom is -0.383 e. The van der Waals surface area contributed by atoms with Crippen molar-refractivity contribution in [3.8, 4) is 0 Å². The van der Waals surface area contributed by atoms with E-state index in [1.165, 1.54) is 11.3 Å². The van der Waals surface area contributed by atoms with E-state index in [1.54, 1.807) is 7.11 Å². The van der Waals surface area contributed by atoms with E-state index >= 15 is 0 Å². The summed E-state index contributed by atoms with van der Waals surface area (Å²) in [6.45, 7) is 9.82. The lowest BCUT2D eigenvalue weighted by Gasteiger charge is -2.28. The lowest BCUT2D eigenvalue weighted by Crippen LogP contribution is -2.43. The molecule has 1 saturated heterocycles. The van der Waals surface area contributed by atoms with Gasteiger partial charge in [-0.3, -0.25) is 0 Å². The van der Waals surface area contributed by atoms with Crippen LogP contribution < -0.4 is 15.5 Å². The Morgan fingerprint density at radius 1 is 1.28 bits per heavy atom. The summed E-state index contributed by atoms with van der Waals surface area (Å²) < 4.78 is 10.6. The lowest BCUT2D eigenvalue weighted by molar-refractivity contribution is 0.122. The fourth-order valence-electron chi connectivity index (χ4n) is 2.65. The maximum Gasteiger partial charge on any atom is 0.191 e. The summed E-state index contributed by atoms with van der Waals surface area (Å²) in [6, 6.07) is 8.86. The summed E-state index contributed by atoms with van der Waals surface area (Å²) in [5.74, 6) is 0.819. The Morgan fingerprint density at radius 2 is 1.96 bits per heavy atom. The van der Waals surface area contributed by atoms with Crippen LogP contribution in [0.1, 0.15) is 19.4 Å². The average molecular weight is 462 g/mol. The minimum absolute atomic E-state index is 0. The molecule has 2 rings (SSSR count). The number of nitrogens with one attached hydrogen (secondary N) is 2. The normalized spacial score (nSPS) is 16.1. The number of ether oxygens (including phenoxy) is 2. The summed E-state index contributed by atoms with van der Waals surface area (Å²) >= 11 is 0. The molecule has 0 aromatic heterocycles. The van der Waals surface area contributed by atoms with Gasteiger partial charge in [-0.1, -0.05) is 12.1 Å². The van der Waals surface area contributed by atoms with Crippen molar-refractivity contribution in [1.29, 1.82) is 0 Å². The Morgan fingerprint density at radius 3 is 2.56 bits per heavy atom. The molecule has 1 unspecified atom stereocenters. The minimum atomic E-state index is 0. The fourth-order valence-corrected chi connectivity index (χ4v) is 2.65. The van der Waals surface area contributed by atoms with Crippen molar-refractivity contribution in [2.24, 2.45) is 4.99 Å². The highest BCUT2D eigenvalue weighted by atomic mass is 127. The van der Waals surface area contributed by atoms with Gasteiger partial charge in [0.25, 0.3) is 0 Å². The molecule has 7 heteroatoms. The molecule has 1 aliphatic rings. The van der Waals surface area contributed by atoms with Crippen molar-refractivity contribution in [3.63, 3.8) is 0 Å². The monoisotopic (exact) mass is 462 g/mol. The van der Waals surface area contributed by atoms with E-state index in [1.807, 2.05) is 0 Å². The van der Waals surface area contributed by atoms with E-state index in [9.17, 15) is 0 Å². The molecule has 1 atom stereocenters. The van der Waals surface area contributed by atoms with Crippen LogP contribution in [0, 0.1) is 0 Å². The van der Waals surface area contributed by atoms with Crippen LogP contribution in [0.5, 0.6) is 0 Å². The van der Waals surface area contributed by atoms with E-state index in [-0.39, 0.29) is 30.0 Å². The van der Waals surface area contributed by atoms with Crippen molar-refractivity contribution in [1.82, 2.24) is 10.6 Å². The SMILES string of the molecule is CCNC(=NCc1ccc(N2CCOCC2)cc1)NC(C)COC.I. The van der Waals surface area contributed by atoms with Gasteiger partial charge in [0.1, 0.15) is 0 Å². The molecule has 25 heavy (non-hydrogen) atoms. The second kappa shape index (κ2) is 12.3. The van der Waals surface area contributed by atoms with E-state index in [2.05, 4.69) is 58.6 Å². The zero-order valence-corrected chi connectivity index (χ0v) is 17.8. The molecule has 6 nitrogen and oxygen atoms in total. The third-order valence-corrected chi connectivity index (χ3v) is 3.88. The molecular weight excluding hydrogens is 431 g/mol. The number of benzene rings is 1. The van der Waals surface area contributed by atoms with Crippen LogP contribution in [-0.2, 0) is 16.0 Å². The van der Waals surface area contributed by atoms with Crippen LogP contribution in [0.15, 0.2) is 29.3 Å². The first-order valence-electron chi connectivity index (χ1n) is 8.68. The first kappa shape index (κ1) is 22.0. The van der Waals surface area contributed by atoms with Gasteiger partial charge in [0, 0.05) is 38.5 Å². The van der Waals surface area contributed by atoms with Crippen LogP contribution >= 0.6 is 24.0 Å². The number of guanidine groups is 1. The average Bonchev–Trinajstić information content (AvgIpc) is 2.61. The molecule has 0 saturated carbocycles. The molecule has 0 bridgehead atoms. The molecule has 0 radical (unpaired) electrons. The Bertz CT molecular complexity index is 504. The van der Waals surface area contributed by atoms with Crippen molar-refractivity contribution < 1.29 is 9.47 Å². The van der Waals surface area contributed by atoms with Crippen LogP contribution in [0.4, 0.5) is 5.69 Å². The third-order valence-electron chi connectivity index (χ3n) is 3.88. The maximum absolute atomic E-state index is 5.40. The van der Waals surface area contributed by atoms with Gasteiger partial charge in [-0.2, -0.15) is 0 Å². The van der Waals surface area contributed by atoms with Crippen molar-refractivity contribution in [2.45, 2.75) is 26.4 Å². The zero-order chi connectivity index (χ0) is 17.2. The van der Waals surface area contributed by atoms with Crippen molar-refractivity contribution >= 4 is 35.6 Å². The van der Waals surface area contributed by atoms with Crippen LogP contribution in [-0.4, -0.2) is 58.6 Å². The molecule has 1 aliphatic heterocycles. The molecule has 142 valence electrons. The quantitative estimate of drug-likeness (QED) is 0.370. The zero-order valence-electron chi connectivity index (χ0n) is 15.5. The van der Waals surface area contributed by atoms with Crippen molar-refractivity contribution in [2.75, 3.05) is 51.5 Å². The van der Waals surface area contributed by atoms with Crippen LogP contribution in [0.3, 0.4) is 0 Å². The molecule has 1 aromatic rings. The van der Waals surface area contributed by atoms with Crippen LogP contribution in [0.2, 0.25) is 0 Å². The summed E-state index contributed by atoms with van der Waals surface area (Å²) in [6.07, 6.45) is 0. The first-order chi connectivity index (χ1) is 11.7. The molecule has 0 spiro atoms. The number of methoxy groups -OCH3 is 1. The Labute approximate surface area is 168 Å². The van der Waals surface area contributed by atoms with Crippen LogP contribution in [0.25, 0.3) is 0 Å². The number of rotatable bonds is 7. The predicted octanol–water partition coefficient (Wildman–Crippen LogP) is 2.23. The maximum atomic E-state index is 5.40. The molecular formula is C18H31IN4O2. The topological polar surface area (TPSA) is 58.1 Å². The number of nitrogens with zero attached hydrogens (tertiary/aromatic N) is 2. The lowest BCUT2D eigenvalue weighted by atomic mass is 10.2. The van der Waals surface area contributed by atoms with Gasteiger partial charge in [-0.15, -0.1) is 24.0 Å². The number of halogens is 1. The van der Waals surface area contributed by atoms with Gasteiger partial charge in [-0.05, 0) is 31.5 Å². The highest BCUT2D eigenvalue weighted by molar-refractivity contribution is 14.0. The summed E-state index contributed by atoms with van der Waals surface area (Å²) in [7, 11) is 1.71. The summed E-state index contributed by atoms with van der Waals surface area (Å²) in [5, 5.41) is 6.61. The molecule has 0 aliphatic carbocycles. The van der Waals surface area contributed by atoms with Crippen molar-refractivity contribution in [3.05, 3.63) is 29.8 Å². The second-order valence-electron chi connectivity index (χ2n) is 5.96. The number of morpholine rings is 1. The second-order valence-corrected chi connectivity index (χ2v) is 5.96. The Kier molecular flexibility index (Phi) is 10.8. The first-order valence-corrected chi connectivity index (χ1v) is 8.68. The van der Waals surface area contributed by atoms with E-state index in [0.29, 0.717) is 13.2 Å². The molecule has 1 fully saturated rings. The summed E-state index contributed by atoms with van der Waals surface area (Å²) in [4.78, 5) is 7.01. The number of anilines is 1. The highest BCUT2D eigenvalue weighted by Crippen LogP contribution is 2.17. The fraction of sp³-hybridized carbons (Fsp3) is 0.611.